The second kappa shape index (κ2) is 7.06. The van der Waals surface area contributed by atoms with E-state index in [9.17, 15) is 5.26 Å². The molecule has 0 bridgehead atoms. The first-order valence-corrected chi connectivity index (χ1v) is 7.93. The van der Waals surface area contributed by atoms with Crippen molar-refractivity contribution in [3.8, 4) is 6.07 Å². The summed E-state index contributed by atoms with van der Waals surface area (Å²) in [6, 6.07) is 13.0. The standard InChI is InChI=1S/C18H26N2O/c1-14(2)15(3)21-12-11-18(13-19,20-17-9-10-17)16-7-5-4-6-8-16/h4-8,14-15,17,20H,9-12H2,1-3H3. The molecule has 0 radical (unpaired) electrons. The largest absolute Gasteiger partial charge is 0.378 e. The number of nitrogens with one attached hydrogen (secondary N) is 1. The first-order valence-electron chi connectivity index (χ1n) is 7.93. The molecule has 21 heavy (non-hydrogen) atoms. The zero-order chi connectivity index (χ0) is 15.3. The van der Waals surface area contributed by atoms with Crippen molar-refractivity contribution in [2.45, 2.75) is 57.7 Å². The van der Waals surface area contributed by atoms with E-state index in [1.165, 1.54) is 12.8 Å². The molecule has 2 atom stereocenters. The summed E-state index contributed by atoms with van der Waals surface area (Å²) in [6.45, 7) is 7.00. The molecular formula is C18H26N2O. The summed E-state index contributed by atoms with van der Waals surface area (Å²) in [7, 11) is 0. The SMILES string of the molecule is CC(C)C(C)OCCC(C#N)(NC1CC1)c1ccccc1. The Balaban J connectivity index is 2.07. The van der Waals surface area contributed by atoms with Crippen LogP contribution in [0.3, 0.4) is 0 Å². The van der Waals surface area contributed by atoms with Crippen molar-refractivity contribution in [2.75, 3.05) is 6.61 Å². The highest BCUT2D eigenvalue weighted by atomic mass is 16.5. The van der Waals surface area contributed by atoms with Gasteiger partial charge in [0.1, 0.15) is 5.54 Å². The van der Waals surface area contributed by atoms with Crippen LogP contribution in [-0.4, -0.2) is 18.8 Å². The molecule has 1 aromatic carbocycles. The molecule has 3 nitrogen and oxygen atoms in total. The topological polar surface area (TPSA) is 45.0 Å². The van der Waals surface area contributed by atoms with Crippen LogP contribution in [0.4, 0.5) is 0 Å². The fourth-order valence-corrected chi connectivity index (χ4v) is 2.34. The van der Waals surface area contributed by atoms with Gasteiger partial charge in [-0.05, 0) is 31.2 Å². The summed E-state index contributed by atoms with van der Waals surface area (Å²) in [4.78, 5) is 0. The Morgan fingerprint density at radius 3 is 2.48 bits per heavy atom. The van der Waals surface area contributed by atoms with Crippen molar-refractivity contribution >= 4 is 0 Å². The molecule has 0 spiro atoms. The molecule has 0 saturated heterocycles. The van der Waals surface area contributed by atoms with Gasteiger partial charge in [0.25, 0.3) is 0 Å². The fraction of sp³-hybridized carbons (Fsp3) is 0.611. The summed E-state index contributed by atoms with van der Waals surface area (Å²) < 4.78 is 5.89. The third-order valence-electron chi connectivity index (χ3n) is 4.28. The number of ether oxygens (including phenoxy) is 1. The van der Waals surface area contributed by atoms with Crippen LogP contribution in [0.15, 0.2) is 30.3 Å². The second-order valence-electron chi connectivity index (χ2n) is 6.37. The molecule has 1 N–H and O–H groups in total. The minimum absolute atomic E-state index is 0.220. The summed E-state index contributed by atoms with van der Waals surface area (Å²) in [5.41, 5.74) is 0.416. The van der Waals surface area contributed by atoms with E-state index in [0.29, 0.717) is 25.0 Å². The van der Waals surface area contributed by atoms with Crippen molar-refractivity contribution in [2.24, 2.45) is 5.92 Å². The zero-order valence-electron chi connectivity index (χ0n) is 13.3. The lowest BCUT2D eigenvalue weighted by atomic mass is 9.88. The van der Waals surface area contributed by atoms with Crippen LogP contribution in [0, 0.1) is 17.2 Å². The van der Waals surface area contributed by atoms with Gasteiger partial charge < -0.3 is 4.74 Å². The molecule has 114 valence electrons. The average Bonchev–Trinajstić information content (AvgIpc) is 3.30. The monoisotopic (exact) mass is 286 g/mol. The van der Waals surface area contributed by atoms with Gasteiger partial charge in [-0.2, -0.15) is 5.26 Å². The Morgan fingerprint density at radius 1 is 1.29 bits per heavy atom. The van der Waals surface area contributed by atoms with Crippen molar-refractivity contribution in [3.05, 3.63) is 35.9 Å². The maximum Gasteiger partial charge on any atom is 0.134 e. The van der Waals surface area contributed by atoms with Crippen LogP contribution in [0.2, 0.25) is 0 Å². The lowest BCUT2D eigenvalue weighted by molar-refractivity contribution is 0.0257. The molecule has 0 aliphatic heterocycles. The lowest BCUT2D eigenvalue weighted by Crippen LogP contribution is -2.43. The Morgan fingerprint density at radius 2 is 1.95 bits per heavy atom. The van der Waals surface area contributed by atoms with Crippen molar-refractivity contribution in [3.63, 3.8) is 0 Å². The number of nitrogens with zero attached hydrogens (tertiary/aromatic N) is 1. The average molecular weight is 286 g/mol. The minimum atomic E-state index is -0.626. The number of nitriles is 1. The van der Waals surface area contributed by atoms with Gasteiger partial charge in [0, 0.05) is 12.5 Å². The zero-order valence-corrected chi connectivity index (χ0v) is 13.3. The van der Waals surface area contributed by atoms with Crippen LogP contribution >= 0.6 is 0 Å². The van der Waals surface area contributed by atoms with E-state index in [0.717, 1.165) is 5.56 Å². The Bertz CT molecular complexity index is 476. The van der Waals surface area contributed by atoms with Gasteiger partial charge >= 0.3 is 0 Å². The second-order valence-corrected chi connectivity index (χ2v) is 6.37. The van der Waals surface area contributed by atoms with Gasteiger partial charge in [0.05, 0.1) is 18.8 Å². The lowest BCUT2D eigenvalue weighted by Gasteiger charge is -2.29. The highest BCUT2D eigenvalue weighted by molar-refractivity contribution is 5.32. The van der Waals surface area contributed by atoms with E-state index >= 15 is 0 Å². The summed E-state index contributed by atoms with van der Waals surface area (Å²) in [5, 5.41) is 13.3. The van der Waals surface area contributed by atoms with Gasteiger partial charge in [-0.25, -0.2) is 0 Å². The van der Waals surface area contributed by atoms with E-state index in [-0.39, 0.29) is 6.10 Å². The molecule has 1 aromatic rings. The van der Waals surface area contributed by atoms with Crippen molar-refractivity contribution < 1.29 is 4.74 Å². The van der Waals surface area contributed by atoms with Gasteiger partial charge in [-0.1, -0.05) is 44.2 Å². The van der Waals surface area contributed by atoms with E-state index < -0.39 is 5.54 Å². The first-order chi connectivity index (χ1) is 10.1. The molecule has 3 heteroatoms. The van der Waals surface area contributed by atoms with E-state index in [2.05, 4.69) is 32.2 Å². The number of benzene rings is 1. The maximum absolute atomic E-state index is 9.81. The molecular weight excluding hydrogens is 260 g/mol. The molecule has 0 heterocycles. The van der Waals surface area contributed by atoms with E-state index in [1.54, 1.807) is 0 Å². The summed E-state index contributed by atoms with van der Waals surface area (Å²) >= 11 is 0. The third-order valence-corrected chi connectivity index (χ3v) is 4.28. The highest BCUT2D eigenvalue weighted by Gasteiger charge is 2.37. The summed E-state index contributed by atoms with van der Waals surface area (Å²) in [6.07, 6.45) is 3.23. The quantitative estimate of drug-likeness (QED) is 0.794. The van der Waals surface area contributed by atoms with Crippen molar-refractivity contribution in [1.82, 2.24) is 5.32 Å². The molecule has 1 aliphatic carbocycles. The third kappa shape index (κ3) is 4.30. The maximum atomic E-state index is 9.81. The number of rotatable bonds is 8. The molecule has 0 amide bonds. The molecule has 1 aliphatic rings. The predicted octanol–water partition coefficient (Wildman–Crippen LogP) is 3.61. The smallest absolute Gasteiger partial charge is 0.134 e. The first kappa shape index (κ1) is 16.0. The van der Waals surface area contributed by atoms with Crippen molar-refractivity contribution in [1.29, 1.82) is 5.26 Å². The highest BCUT2D eigenvalue weighted by Crippen LogP contribution is 2.31. The van der Waals surface area contributed by atoms with Crippen LogP contribution in [0.25, 0.3) is 0 Å². The van der Waals surface area contributed by atoms with Crippen LogP contribution in [0.5, 0.6) is 0 Å². The number of hydrogen-bond donors (Lipinski definition) is 1. The van der Waals surface area contributed by atoms with Gasteiger partial charge in [-0.3, -0.25) is 5.32 Å². The number of hydrogen-bond acceptors (Lipinski definition) is 3. The predicted molar refractivity (Wildman–Crippen MR) is 84.8 cm³/mol. The van der Waals surface area contributed by atoms with E-state index in [4.69, 9.17) is 4.74 Å². The Kier molecular flexibility index (Phi) is 5.39. The fourth-order valence-electron chi connectivity index (χ4n) is 2.34. The van der Waals surface area contributed by atoms with Gasteiger partial charge in [0.2, 0.25) is 0 Å². The Labute approximate surface area is 128 Å². The molecule has 2 unspecified atom stereocenters. The molecule has 1 fully saturated rings. The van der Waals surface area contributed by atoms with Gasteiger partial charge in [0.15, 0.2) is 0 Å². The molecule has 0 aromatic heterocycles. The van der Waals surface area contributed by atoms with Crippen LogP contribution in [-0.2, 0) is 10.3 Å². The van der Waals surface area contributed by atoms with Gasteiger partial charge in [-0.15, -0.1) is 0 Å². The molecule has 1 saturated carbocycles. The normalized spacial score (nSPS) is 19.0. The minimum Gasteiger partial charge on any atom is -0.378 e. The van der Waals surface area contributed by atoms with E-state index in [1.807, 2.05) is 30.3 Å². The van der Waals surface area contributed by atoms with Crippen LogP contribution in [0.1, 0.15) is 45.6 Å². The molecule has 2 rings (SSSR count). The Hall–Kier alpha value is -1.37. The van der Waals surface area contributed by atoms with Crippen LogP contribution < -0.4 is 5.32 Å². The summed E-state index contributed by atoms with van der Waals surface area (Å²) in [5.74, 6) is 0.495.